The number of nitrogens with zero attached hydrogens (tertiary/aromatic N) is 3. The predicted molar refractivity (Wildman–Crippen MR) is 109 cm³/mol. The molecule has 26 heavy (non-hydrogen) atoms. The number of aromatic nitrogens is 2. The lowest BCUT2D eigenvalue weighted by Gasteiger charge is -2.18. The van der Waals surface area contributed by atoms with Gasteiger partial charge in [0.1, 0.15) is 0 Å². The Labute approximate surface area is 166 Å². The molecule has 1 aromatic carbocycles. The number of hydrogen-bond acceptors (Lipinski definition) is 7. The van der Waals surface area contributed by atoms with E-state index < -0.39 is 0 Å². The SMILES string of the molecule is CCSc1nnc(SCC(=O)Nc2ccc(C(=O)N(CC)CC)cc2)s1. The molecular formula is C17H22N4O2S3. The fraction of sp³-hybridized carbons (Fsp3) is 0.412. The maximum Gasteiger partial charge on any atom is 0.253 e. The van der Waals surface area contributed by atoms with Gasteiger partial charge in [0.2, 0.25) is 5.91 Å². The number of anilines is 1. The minimum atomic E-state index is -0.113. The van der Waals surface area contributed by atoms with Crippen LogP contribution in [0.5, 0.6) is 0 Å². The summed E-state index contributed by atoms with van der Waals surface area (Å²) >= 11 is 4.51. The molecule has 0 aliphatic heterocycles. The number of carbonyl (C=O) groups excluding carboxylic acids is 2. The van der Waals surface area contributed by atoms with Crippen LogP contribution in [-0.4, -0.2) is 51.5 Å². The van der Waals surface area contributed by atoms with Crippen LogP contribution in [0.25, 0.3) is 0 Å². The van der Waals surface area contributed by atoms with Crippen molar-refractivity contribution < 1.29 is 9.59 Å². The van der Waals surface area contributed by atoms with Crippen molar-refractivity contribution in [1.82, 2.24) is 15.1 Å². The topological polar surface area (TPSA) is 75.2 Å². The lowest BCUT2D eigenvalue weighted by molar-refractivity contribution is -0.113. The van der Waals surface area contributed by atoms with E-state index in [4.69, 9.17) is 0 Å². The van der Waals surface area contributed by atoms with Crippen LogP contribution >= 0.6 is 34.9 Å². The second-order valence-corrected chi connectivity index (χ2v) is 8.87. The molecule has 0 aliphatic rings. The number of carbonyl (C=O) groups is 2. The molecule has 1 heterocycles. The maximum absolute atomic E-state index is 12.3. The van der Waals surface area contributed by atoms with E-state index in [2.05, 4.69) is 22.4 Å². The Morgan fingerprint density at radius 3 is 2.23 bits per heavy atom. The molecule has 0 fully saturated rings. The van der Waals surface area contributed by atoms with Crippen LogP contribution in [0.4, 0.5) is 5.69 Å². The highest BCUT2D eigenvalue weighted by atomic mass is 32.2. The highest BCUT2D eigenvalue weighted by molar-refractivity contribution is 8.03. The molecular weight excluding hydrogens is 388 g/mol. The van der Waals surface area contributed by atoms with Crippen LogP contribution in [0.2, 0.25) is 0 Å². The Hall–Kier alpha value is -1.58. The summed E-state index contributed by atoms with van der Waals surface area (Å²) in [4.78, 5) is 26.1. The first-order valence-electron chi connectivity index (χ1n) is 8.35. The number of amides is 2. The van der Waals surface area contributed by atoms with Crippen LogP contribution < -0.4 is 5.32 Å². The summed E-state index contributed by atoms with van der Waals surface area (Å²) < 4.78 is 1.71. The summed E-state index contributed by atoms with van der Waals surface area (Å²) in [6, 6.07) is 6.98. The van der Waals surface area contributed by atoms with Gasteiger partial charge in [-0.2, -0.15) is 0 Å². The van der Waals surface area contributed by atoms with Crippen molar-refractivity contribution in [3.8, 4) is 0 Å². The fourth-order valence-corrected chi connectivity index (χ4v) is 4.87. The fourth-order valence-electron chi connectivity index (χ4n) is 2.15. The van der Waals surface area contributed by atoms with Gasteiger partial charge in [-0.3, -0.25) is 9.59 Å². The zero-order valence-electron chi connectivity index (χ0n) is 15.0. The summed E-state index contributed by atoms with van der Waals surface area (Å²) in [5.41, 5.74) is 1.29. The average Bonchev–Trinajstić information content (AvgIpc) is 3.09. The number of thioether (sulfide) groups is 2. The third kappa shape index (κ3) is 6.00. The second-order valence-electron chi connectivity index (χ2n) is 5.16. The molecule has 2 amide bonds. The Balaban J connectivity index is 1.85. The zero-order valence-corrected chi connectivity index (χ0v) is 17.5. The maximum atomic E-state index is 12.3. The number of rotatable bonds is 9. The molecule has 1 N–H and O–H groups in total. The Kier molecular flexibility index (Phi) is 8.40. The van der Waals surface area contributed by atoms with E-state index in [1.807, 2.05) is 13.8 Å². The monoisotopic (exact) mass is 410 g/mol. The smallest absolute Gasteiger partial charge is 0.253 e. The van der Waals surface area contributed by atoms with Gasteiger partial charge in [-0.25, -0.2) is 0 Å². The van der Waals surface area contributed by atoms with Crippen molar-refractivity contribution in [3.63, 3.8) is 0 Å². The first kappa shape index (κ1) is 20.7. The summed E-state index contributed by atoms with van der Waals surface area (Å²) in [5, 5.41) is 11.0. The van der Waals surface area contributed by atoms with Crippen LogP contribution in [0.15, 0.2) is 32.9 Å². The Bertz CT molecular complexity index is 730. The molecule has 0 aliphatic carbocycles. The zero-order chi connectivity index (χ0) is 18.9. The molecule has 0 radical (unpaired) electrons. The molecule has 0 atom stereocenters. The molecule has 6 nitrogen and oxygen atoms in total. The highest BCUT2D eigenvalue weighted by Crippen LogP contribution is 2.28. The summed E-state index contributed by atoms with van der Waals surface area (Å²) in [5.74, 6) is 1.11. The molecule has 0 unspecified atom stereocenters. The Morgan fingerprint density at radius 1 is 1.04 bits per heavy atom. The van der Waals surface area contributed by atoms with Crippen molar-refractivity contribution >= 4 is 52.4 Å². The molecule has 2 aromatic rings. The molecule has 0 spiro atoms. The molecule has 140 valence electrons. The minimum Gasteiger partial charge on any atom is -0.339 e. The average molecular weight is 411 g/mol. The molecule has 2 rings (SSSR count). The van der Waals surface area contributed by atoms with Gasteiger partial charge < -0.3 is 10.2 Å². The quantitative estimate of drug-likeness (QED) is 0.633. The minimum absolute atomic E-state index is 0.000421. The van der Waals surface area contributed by atoms with E-state index >= 15 is 0 Å². The predicted octanol–water partition coefficient (Wildman–Crippen LogP) is 3.86. The third-order valence-corrected chi connectivity index (χ3v) is 6.52. The van der Waals surface area contributed by atoms with Crippen molar-refractivity contribution in [3.05, 3.63) is 29.8 Å². The van der Waals surface area contributed by atoms with E-state index in [9.17, 15) is 9.59 Å². The molecule has 0 bridgehead atoms. The molecule has 0 saturated carbocycles. The van der Waals surface area contributed by atoms with Gasteiger partial charge in [0.05, 0.1) is 5.75 Å². The summed E-state index contributed by atoms with van der Waals surface area (Å²) in [6.07, 6.45) is 0. The first-order chi connectivity index (χ1) is 12.6. The van der Waals surface area contributed by atoms with Crippen molar-refractivity contribution in [2.45, 2.75) is 29.5 Å². The number of nitrogens with one attached hydrogen (secondary N) is 1. The van der Waals surface area contributed by atoms with Gasteiger partial charge in [0, 0.05) is 24.3 Å². The van der Waals surface area contributed by atoms with E-state index in [-0.39, 0.29) is 17.6 Å². The van der Waals surface area contributed by atoms with Crippen LogP contribution in [0.3, 0.4) is 0 Å². The van der Waals surface area contributed by atoms with Crippen molar-refractivity contribution in [2.75, 3.05) is 29.9 Å². The number of benzene rings is 1. The van der Waals surface area contributed by atoms with Gasteiger partial charge in [-0.05, 0) is 43.9 Å². The lowest BCUT2D eigenvalue weighted by atomic mass is 10.2. The highest BCUT2D eigenvalue weighted by Gasteiger charge is 2.13. The van der Waals surface area contributed by atoms with Crippen LogP contribution in [0.1, 0.15) is 31.1 Å². The normalized spacial score (nSPS) is 10.6. The van der Waals surface area contributed by atoms with Gasteiger partial charge in [0.25, 0.3) is 5.91 Å². The second kappa shape index (κ2) is 10.5. The first-order valence-corrected chi connectivity index (χ1v) is 11.1. The van der Waals surface area contributed by atoms with Gasteiger partial charge in [-0.1, -0.05) is 41.8 Å². The van der Waals surface area contributed by atoms with Gasteiger partial charge in [-0.15, -0.1) is 10.2 Å². The van der Waals surface area contributed by atoms with Gasteiger partial charge in [0.15, 0.2) is 8.68 Å². The largest absolute Gasteiger partial charge is 0.339 e. The van der Waals surface area contributed by atoms with Crippen LogP contribution in [0, 0.1) is 0 Å². The summed E-state index contributed by atoms with van der Waals surface area (Å²) in [6.45, 7) is 7.32. The summed E-state index contributed by atoms with van der Waals surface area (Å²) in [7, 11) is 0. The molecule has 9 heteroatoms. The van der Waals surface area contributed by atoms with Crippen molar-refractivity contribution in [1.29, 1.82) is 0 Å². The third-order valence-electron chi connectivity index (χ3n) is 3.45. The van der Waals surface area contributed by atoms with Crippen molar-refractivity contribution in [2.24, 2.45) is 0 Å². The van der Waals surface area contributed by atoms with E-state index in [0.29, 0.717) is 24.3 Å². The van der Waals surface area contributed by atoms with Gasteiger partial charge >= 0.3 is 0 Å². The number of hydrogen-bond donors (Lipinski definition) is 1. The Morgan fingerprint density at radius 2 is 1.65 bits per heavy atom. The molecule has 1 aromatic heterocycles. The van der Waals surface area contributed by atoms with E-state index in [1.54, 1.807) is 40.9 Å². The van der Waals surface area contributed by atoms with Crippen LogP contribution in [-0.2, 0) is 4.79 Å². The molecule has 0 saturated heterocycles. The van der Waals surface area contributed by atoms with E-state index in [1.165, 1.54) is 23.1 Å². The van der Waals surface area contributed by atoms with E-state index in [0.717, 1.165) is 14.4 Å². The lowest BCUT2D eigenvalue weighted by Crippen LogP contribution is -2.30. The standard InChI is InChI=1S/C17H22N4O2S3/c1-4-21(5-2)15(23)12-7-9-13(10-8-12)18-14(22)11-25-17-20-19-16(26-17)24-6-3/h7-10H,4-6,11H2,1-3H3,(H,18,22).